The van der Waals surface area contributed by atoms with Crippen molar-refractivity contribution in [2.24, 2.45) is 0 Å². The first kappa shape index (κ1) is 16.1. The van der Waals surface area contributed by atoms with Gasteiger partial charge < -0.3 is 13.7 Å². The van der Waals surface area contributed by atoms with Crippen molar-refractivity contribution in [2.45, 2.75) is 24.7 Å². The molecule has 7 heteroatoms. The third-order valence-corrected chi connectivity index (χ3v) is 4.99. The predicted molar refractivity (Wildman–Crippen MR) is 89.1 cm³/mol. The summed E-state index contributed by atoms with van der Waals surface area (Å²) >= 11 is 0. The molecule has 4 rings (SSSR count). The van der Waals surface area contributed by atoms with E-state index in [1.165, 1.54) is 18.2 Å². The van der Waals surface area contributed by atoms with Gasteiger partial charge in [0.25, 0.3) is 5.79 Å². The van der Waals surface area contributed by atoms with Crippen LogP contribution in [0.25, 0.3) is 0 Å². The Morgan fingerprint density at radius 2 is 1.84 bits per heavy atom. The minimum absolute atomic E-state index is 0.0909. The van der Waals surface area contributed by atoms with Gasteiger partial charge in [-0.25, -0.2) is 0 Å². The minimum Gasteiger partial charge on any atom is -0.457 e. The fourth-order valence-electron chi connectivity index (χ4n) is 3.38. The second-order valence-corrected chi connectivity index (χ2v) is 7.71. The molecule has 0 N–H and O–H groups in total. The Morgan fingerprint density at radius 1 is 1.12 bits per heavy atom. The summed E-state index contributed by atoms with van der Waals surface area (Å²) in [7, 11) is -3.67. The molecule has 2 aromatic rings. The SMILES string of the molecule is CCC12Oc3cc(OS(C)(=O)=O)ccc3C(=O)C1(c1ccccc1)O2. The van der Waals surface area contributed by atoms with Crippen molar-refractivity contribution in [3.05, 3.63) is 59.7 Å². The first-order valence-corrected chi connectivity index (χ1v) is 9.66. The van der Waals surface area contributed by atoms with Crippen LogP contribution in [-0.2, 0) is 20.5 Å². The molecule has 2 aromatic carbocycles. The summed E-state index contributed by atoms with van der Waals surface area (Å²) in [6.45, 7) is 1.87. The van der Waals surface area contributed by atoms with Gasteiger partial charge in [-0.15, -0.1) is 0 Å². The van der Waals surface area contributed by atoms with E-state index in [0.717, 1.165) is 11.8 Å². The van der Waals surface area contributed by atoms with Gasteiger partial charge in [0, 0.05) is 12.5 Å². The molecular formula is C18H16O6S. The highest BCUT2D eigenvalue weighted by molar-refractivity contribution is 7.86. The largest absolute Gasteiger partial charge is 0.457 e. The van der Waals surface area contributed by atoms with Crippen molar-refractivity contribution in [2.75, 3.05) is 6.26 Å². The van der Waals surface area contributed by atoms with Gasteiger partial charge in [-0.05, 0) is 17.7 Å². The molecule has 2 atom stereocenters. The zero-order valence-electron chi connectivity index (χ0n) is 13.7. The number of hydrogen-bond acceptors (Lipinski definition) is 6. The first-order chi connectivity index (χ1) is 11.8. The van der Waals surface area contributed by atoms with Crippen molar-refractivity contribution >= 4 is 15.9 Å². The van der Waals surface area contributed by atoms with Gasteiger partial charge in [0.2, 0.25) is 11.4 Å². The topological polar surface area (TPSA) is 82.2 Å². The number of fused-ring (bicyclic) bond motifs is 2. The molecule has 0 saturated carbocycles. The van der Waals surface area contributed by atoms with Gasteiger partial charge in [0.15, 0.2) is 0 Å². The van der Waals surface area contributed by atoms with Crippen molar-refractivity contribution in [1.82, 2.24) is 0 Å². The predicted octanol–water partition coefficient (Wildman–Crippen LogP) is 2.63. The lowest BCUT2D eigenvalue weighted by molar-refractivity contribution is 0.0547. The van der Waals surface area contributed by atoms with Crippen LogP contribution in [0.4, 0.5) is 0 Å². The number of hydrogen-bond donors (Lipinski definition) is 0. The highest BCUT2D eigenvalue weighted by atomic mass is 32.2. The number of ketones is 1. The van der Waals surface area contributed by atoms with Crippen LogP contribution in [0.15, 0.2) is 48.5 Å². The molecule has 0 spiro atoms. The number of epoxide rings is 1. The van der Waals surface area contributed by atoms with Gasteiger partial charge in [-0.2, -0.15) is 8.42 Å². The molecule has 130 valence electrons. The standard InChI is InChI=1S/C18H16O6S/c1-3-17-18(24-17,12-7-5-4-6-8-12)16(19)14-10-9-13(11-15(14)22-17)23-25(2,20)21/h4-11H,3H2,1-2H3. The Labute approximate surface area is 145 Å². The van der Waals surface area contributed by atoms with E-state index in [4.69, 9.17) is 13.7 Å². The van der Waals surface area contributed by atoms with E-state index in [9.17, 15) is 13.2 Å². The van der Waals surface area contributed by atoms with E-state index in [2.05, 4.69) is 0 Å². The van der Waals surface area contributed by atoms with Crippen LogP contribution < -0.4 is 8.92 Å². The van der Waals surface area contributed by atoms with Crippen molar-refractivity contribution in [3.8, 4) is 11.5 Å². The number of Topliss-reactive ketones (excluding diaryl/α,β-unsaturated/α-hetero) is 1. The molecule has 0 aliphatic carbocycles. The number of carbonyl (C=O) groups excluding carboxylic acids is 1. The van der Waals surface area contributed by atoms with Crippen molar-refractivity contribution < 1.29 is 26.9 Å². The molecule has 0 amide bonds. The van der Waals surface area contributed by atoms with Gasteiger partial charge in [0.05, 0.1) is 11.8 Å². The summed E-state index contributed by atoms with van der Waals surface area (Å²) in [6.07, 6.45) is 1.42. The lowest BCUT2D eigenvalue weighted by Crippen LogP contribution is -2.40. The van der Waals surface area contributed by atoms with Gasteiger partial charge in [-0.1, -0.05) is 37.3 Å². The molecule has 1 saturated heterocycles. The minimum atomic E-state index is -3.67. The molecular weight excluding hydrogens is 344 g/mol. The second kappa shape index (κ2) is 5.06. The quantitative estimate of drug-likeness (QED) is 0.616. The number of rotatable bonds is 4. The molecule has 2 aliphatic rings. The molecule has 1 fully saturated rings. The normalized spacial score (nSPS) is 27.0. The molecule has 2 aliphatic heterocycles. The Balaban J connectivity index is 1.80. The lowest BCUT2D eigenvalue weighted by Gasteiger charge is -2.26. The highest BCUT2D eigenvalue weighted by Gasteiger charge is 2.79. The Bertz CT molecular complexity index is 968. The third kappa shape index (κ3) is 2.26. The van der Waals surface area contributed by atoms with Gasteiger partial charge >= 0.3 is 10.1 Å². The van der Waals surface area contributed by atoms with Crippen LogP contribution in [0, 0.1) is 0 Å². The summed E-state index contributed by atoms with van der Waals surface area (Å²) in [6, 6.07) is 13.6. The summed E-state index contributed by atoms with van der Waals surface area (Å²) < 4.78 is 39.4. The van der Waals surface area contributed by atoms with Crippen LogP contribution in [0.3, 0.4) is 0 Å². The lowest BCUT2D eigenvalue weighted by atomic mass is 9.82. The van der Waals surface area contributed by atoms with Crippen LogP contribution in [0.2, 0.25) is 0 Å². The van der Waals surface area contributed by atoms with Crippen LogP contribution in [0.5, 0.6) is 11.5 Å². The van der Waals surface area contributed by atoms with Crippen LogP contribution in [0.1, 0.15) is 29.3 Å². The van der Waals surface area contributed by atoms with Crippen LogP contribution >= 0.6 is 0 Å². The van der Waals surface area contributed by atoms with E-state index in [-0.39, 0.29) is 17.3 Å². The zero-order chi connectivity index (χ0) is 17.9. The maximum Gasteiger partial charge on any atom is 0.306 e. The zero-order valence-corrected chi connectivity index (χ0v) is 14.5. The fraction of sp³-hybridized carbons (Fsp3) is 0.278. The summed E-state index contributed by atoms with van der Waals surface area (Å²) in [5.41, 5.74) is -0.0786. The van der Waals surface area contributed by atoms with Gasteiger partial charge in [0.1, 0.15) is 11.5 Å². The molecule has 0 radical (unpaired) electrons. The van der Waals surface area contributed by atoms with E-state index in [1.807, 2.05) is 37.3 Å². The first-order valence-electron chi connectivity index (χ1n) is 7.84. The smallest absolute Gasteiger partial charge is 0.306 e. The van der Waals surface area contributed by atoms with Crippen LogP contribution in [-0.4, -0.2) is 26.2 Å². The maximum absolute atomic E-state index is 13.2. The average molecular weight is 360 g/mol. The monoisotopic (exact) mass is 360 g/mol. The Hall–Kier alpha value is -2.38. The summed E-state index contributed by atoms with van der Waals surface area (Å²) in [4.78, 5) is 13.2. The number of carbonyl (C=O) groups is 1. The Morgan fingerprint density at radius 3 is 2.48 bits per heavy atom. The number of ether oxygens (including phenoxy) is 2. The van der Waals surface area contributed by atoms with Crippen molar-refractivity contribution in [3.63, 3.8) is 0 Å². The van der Waals surface area contributed by atoms with E-state index in [1.54, 1.807) is 0 Å². The second-order valence-electron chi connectivity index (χ2n) is 6.13. The van der Waals surface area contributed by atoms with E-state index < -0.39 is 21.5 Å². The maximum atomic E-state index is 13.2. The van der Waals surface area contributed by atoms with Gasteiger partial charge in [-0.3, -0.25) is 4.79 Å². The number of benzene rings is 2. The molecule has 0 aromatic heterocycles. The summed E-state index contributed by atoms with van der Waals surface area (Å²) in [5, 5.41) is 0. The highest BCUT2D eigenvalue weighted by Crippen LogP contribution is 2.63. The van der Waals surface area contributed by atoms with E-state index in [0.29, 0.717) is 12.0 Å². The van der Waals surface area contributed by atoms with Crippen molar-refractivity contribution in [1.29, 1.82) is 0 Å². The molecule has 2 heterocycles. The third-order valence-electron chi connectivity index (χ3n) is 4.50. The molecule has 0 bridgehead atoms. The van der Waals surface area contributed by atoms with E-state index >= 15 is 0 Å². The summed E-state index contributed by atoms with van der Waals surface area (Å²) in [5.74, 6) is -0.930. The molecule has 25 heavy (non-hydrogen) atoms. The molecule has 2 unspecified atom stereocenters. The fourth-order valence-corrected chi connectivity index (χ4v) is 3.83. The Kier molecular flexibility index (Phi) is 3.26. The molecule has 6 nitrogen and oxygen atoms in total. The average Bonchev–Trinajstić information content (AvgIpc) is 3.25.